The van der Waals surface area contributed by atoms with Crippen LogP contribution in [0.2, 0.25) is 0 Å². The summed E-state index contributed by atoms with van der Waals surface area (Å²) >= 11 is 0. The summed E-state index contributed by atoms with van der Waals surface area (Å²) in [5, 5.41) is 3.08. The number of carbonyl (C=O) groups excluding carboxylic acids is 1. The third-order valence-corrected chi connectivity index (χ3v) is 5.80. The Morgan fingerprint density at radius 2 is 2.26 bits per heavy atom. The summed E-state index contributed by atoms with van der Waals surface area (Å²) in [4.78, 5) is 33.1. The molecule has 2 saturated heterocycles. The number of aromatic amines is 1. The van der Waals surface area contributed by atoms with Crippen molar-refractivity contribution in [3.05, 3.63) is 30.5 Å². The Labute approximate surface area is 159 Å². The van der Waals surface area contributed by atoms with Gasteiger partial charge in [0.05, 0.1) is 6.33 Å². The molecule has 27 heavy (non-hydrogen) atoms. The quantitative estimate of drug-likeness (QED) is 0.834. The second-order valence-electron chi connectivity index (χ2n) is 7.66. The normalized spacial score (nSPS) is 23.1. The van der Waals surface area contributed by atoms with Gasteiger partial charge >= 0.3 is 0 Å². The van der Waals surface area contributed by atoms with Crippen molar-refractivity contribution in [1.29, 1.82) is 0 Å². The Balaban J connectivity index is 1.45. The zero-order valence-corrected chi connectivity index (χ0v) is 15.8. The molecular formula is C19H27N7O. The number of aromatic nitrogens is 4. The van der Waals surface area contributed by atoms with E-state index >= 15 is 0 Å². The van der Waals surface area contributed by atoms with E-state index in [9.17, 15) is 4.79 Å². The summed E-state index contributed by atoms with van der Waals surface area (Å²) < 4.78 is 0. The molecule has 0 bridgehead atoms. The van der Waals surface area contributed by atoms with Gasteiger partial charge in [0, 0.05) is 69.6 Å². The fourth-order valence-electron chi connectivity index (χ4n) is 4.33. The zero-order chi connectivity index (χ0) is 18.7. The first-order valence-corrected chi connectivity index (χ1v) is 9.68. The van der Waals surface area contributed by atoms with Crippen molar-refractivity contribution in [2.24, 2.45) is 5.41 Å². The van der Waals surface area contributed by atoms with Crippen molar-refractivity contribution in [1.82, 2.24) is 24.8 Å². The predicted octanol–water partition coefficient (Wildman–Crippen LogP) is 1.69. The van der Waals surface area contributed by atoms with Gasteiger partial charge in [-0.25, -0.2) is 9.97 Å². The first-order chi connectivity index (χ1) is 13.2. The number of amides is 1. The lowest BCUT2D eigenvalue weighted by molar-refractivity contribution is -0.137. The number of imidazole rings is 1. The maximum atomic E-state index is 12.5. The second kappa shape index (κ2) is 7.54. The van der Waals surface area contributed by atoms with Gasteiger partial charge in [0.2, 0.25) is 11.9 Å². The van der Waals surface area contributed by atoms with Gasteiger partial charge in [-0.1, -0.05) is 0 Å². The van der Waals surface area contributed by atoms with E-state index in [1.807, 2.05) is 24.2 Å². The van der Waals surface area contributed by atoms with Crippen LogP contribution in [0, 0.1) is 5.41 Å². The molecule has 1 atom stereocenters. The summed E-state index contributed by atoms with van der Waals surface area (Å²) in [6, 6.07) is 1.87. The Hall–Kier alpha value is -2.64. The van der Waals surface area contributed by atoms with Gasteiger partial charge < -0.3 is 20.1 Å². The largest absolute Gasteiger partial charge is 0.373 e. The van der Waals surface area contributed by atoms with Crippen molar-refractivity contribution < 1.29 is 4.79 Å². The Bertz CT molecular complexity index is 778. The molecule has 2 aliphatic rings. The molecule has 2 aromatic heterocycles. The van der Waals surface area contributed by atoms with Crippen molar-refractivity contribution in [2.45, 2.75) is 32.1 Å². The van der Waals surface area contributed by atoms with Crippen LogP contribution >= 0.6 is 0 Å². The Morgan fingerprint density at radius 3 is 3.07 bits per heavy atom. The highest BCUT2D eigenvalue weighted by Gasteiger charge is 2.42. The molecule has 1 amide bonds. The van der Waals surface area contributed by atoms with Crippen LogP contribution in [-0.4, -0.2) is 64.0 Å². The van der Waals surface area contributed by atoms with Gasteiger partial charge in [-0.2, -0.15) is 4.98 Å². The molecule has 0 radical (unpaired) electrons. The average Bonchev–Trinajstić information content (AvgIpc) is 3.23. The van der Waals surface area contributed by atoms with Crippen molar-refractivity contribution in [3.8, 4) is 0 Å². The molecule has 8 nitrogen and oxygen atoms in total. The van der Waals surface area contributed by atoms with Gasteiger partial charge in [0.15, 0.2) is 0 Å². The van der Waals surface area contributed by atoms with Crippen LogP contribution in [0.3, 0.4) is 0 Å². The number of carbonyl (C=O) groups is 1. The third kappa shape index (κ3) is 3.89. The van der Waals surface area contributed by atoms with Crippen LogP contribution in [0.1, 0.15) is 31.4 Å². The number of nitrogens with zero attached hydrogens (tertiary/aromatic N) is 5. The molecule has 1 spiro atoms. The summed E-state index contributed by atoms with van der Waals surface area (Å²) in [5.74, 6) is 1.88. The highest BCUT2D eigenvalue weighted by molar-refractivity contribution is 5.77. The van der Waals surface area contributed by atoms with Crippen molar-refractivity contribution in [3.63, 3.8) is 0 Å². The highest BCUT2D eigenvalue weighted by Crippen LogP contribution is 2.39. The van der Waals surface area contributed by atoms with Gasteiger partial charge in [-0.3, -0.25) is 4.79 Å². The minimum Gasteiger partial charge on any atom is -0.373 e. The first kappa shape index (κ1) is 17.8. The highest BCUT2D eigenvalue weighted by atomic mass is 16.2. The number of anilines is 2. The Morgan fingerprint density at radius 1 is 1.33 bits per heavy atom. The molecule has 0 unspecified atom stereocenters. The molecule has 4 rings (SSSR count). The smallest absolute Gasteiger partial charge is 0.227 e. The van der Waals surface area contributed by atoms with E-state index < -0.39 is 0 Å². The van der Waals surface area contributed by atoms with Crippen LogP contribution in [0.25, 0.3) is 0 Å². The lowest BCUT2D eigenvalue weighted by atomic mass is 9.73. The molecule has 8 heteroatoms. The maximum absolute atomic E-state index is 12.5. The third-order valence-electron chi connectivity index (χ3n) is 5.80. The molecule has 2 aromatic rings. The summed E-state index contributed by atoms with van der Waals surface area (Å²) in [6.07, 6.45) is 9.99. The minimum absolute atomic E-state index is 0.138. The number of likely N-dealkylation sites (tertiary alicyclic amines) is 1. The molecule has 0 aliphatic carbocycles. The van der Waals surface area contributed by atoms with E-state index in [1.165, 1.54) is 0 Å². The zero-order valence-electron chi connectivity index (χ0n) is 15.8. The van der Waals surface area contributed by atoms with E-state index in [0.29, 0.717) is 6.42 Å². The second-order valence-corrected chi connectivity index (χ2v) is 7.66. The minimum atomic E-state index is 0.138. The molecule has 4 heterocycles. The molecule has 144 valence electrons. The average molecular weight is 369 g/mol. The standard InChI is InChI=1S/C19H27N7O/c1-20-16-4-8-22-18(24-16)26-9-2-6-19(13-26)7-3-17(27)25(12-19)10-5-15-11-21-14-23-15/h4,8,11,14H,2-3,5-7,9-10,12-13H2,1H3,(H,21,23)(H,20,22,24)/t19-/m0/s1. The van der Waals surface area contributed by atoms with Gasteiger partial charge in [-0.05, 0) is 25.3 Å². The van der Waals surface area contributed by atoms with E-state index in [2.05, 4.69) is 30.2 Å². The monoisotopic (exact) mass is 369 g/mol. The number of H-pyrrole nitrogens is 1. The van der Waals surface area contributed by atoms with Gasteiger partial charge in [0.25, 0.3) is 0 Å². The SMILES string of the molecule is CNc1ccnc(N2CCC[C@@]3(CCC(=O)N(CCc4cnc[nH]4)C3)C2)n1. The van der Waals surface area contributed by atoms with Crippen LogP contribution < -0.4 is 10.2 Å². The van der Waals surface area contributed by atoms with Crippen LogP contribution in [-0.2, 0) is 11.2 Å². The fourth-order valence-corrected chi connectivity index (χ4v) is 4.33. The van der Waals surface area contributed by atoms with Crippen LogP contribution in [0.5, 0.6) is 0 Å². The molecule has 2 N–H and O–H groups in total. The summed E-state index contributed by atoms with van der Waals surface area (Å²) in [5.41, 5.74) is 1.21. The Kier molecular flexibility index (Phi) is 4.96. The predicted molar refractivity (Wildman–Crippen MR) is 104 cm³/mol. The fraction of sp³-hybridized carbons (Fsp3) is 0.579. The van der Waals surface area contributed by atoms with E-state index in [4.69, 9.17) is 0 Å². The van der Waals surface area contributed by atoms with Crippen molar-refractivity contribution >= 4 is 17.7 Å². The molecule has 2 fully saturated rings. The molecular weight excluding hydrogens is 342 g/mol. The lowest BCUT2D eigenvalue weighted by Crippen LogP contribution is -2.54. The number of hydrogen-bond acceptors (Lipinski definition) is 6. The van der Waals surface area contributed by atoms with Gasteiger partial charge in [0.1, 0.15) is 5.82 Å². The number of hydrogen-bond donors (Lipinski definition) is 2. The first-order valence-electron chi connectivity index (χ1n) is 9.68. The van der Waals surface area contributed by atoms with Gasteiger partial charge in [-0.15, -0.1) is 0 Å². The van der Waals surface area contributed by atoms with Crippen LogP contribution in [0.15, 0.2) is 24.8 Å². The lowest BCUT2D eigenvalue weighted by Gasteiger charge is -2.48. The van der Waals surface area contributed by atoms with E-state index in [-0.39, 0.29) is 11.3 Å². The summed E-state index contributed by atoms with van der Waals surface area (Å²) in [6.45, 7) is 3.45. The number of piperidine rings is 2. The summed E-state index contributed by atoms with van der Waals surface area (Å²) in [7, 11) is 1.87. The number of nitrogens with one attached hydrogen (secondary N) is 2. The van der Waals surface area contributed by atoms with Crippen molar-refractivity contribution in [2.75, 3.05) is 43.4 Å². The molecule has 0 aromatic carbocycles. The topological polar surface area (TPSA) is 90.0 Å². The molecule has 2 aliphatic heterocycles. The number of rotatable bonds is 5. The maximum Gasteiger partial charge on any atom is 0.227 e. The van der Waals surface area contributed by atoms with Crippen LogP contribution in [0.4, 0.5) is 11.8 Å². The van der Waals surface area contributed by atoms with E-state index in [1.54, 1.807) is 12.5 Å². The van der Waals surface area contributed by atoms with E-state index in [0.717, 1.165) is 69.3 Å². The molecule has 0 saturated carbocycles.